The number of piperazine rings is 1. The van der Waals surface area contributed by atoms with Gasteiger partial charge in [-0.2, -0.15) is 0 Å². The number of amides is 1. The first-order valence-corrected chi connectivity index (χ1v) is 9.49. The number of carbonyl (C=O) groups excluding carboxylic acids is 1. The van der Waals surface area contributed by atoms with Crippen molar-refractivity contribution in [3.8, 4) is 0 Å². The highest BCUT2D eigenvalue weighted by atomic mass is 79.9. The van der Waals surface area contributed by atoms with Gasteiger partial charge in [0, 0.05) is 24.1 Å². The molecule has 27 heavy (non-hydrogen) atoms. The van der Waals surface area contributed by atoms with Crippen LogP contribution in [0, 0.1) is 0 Å². The van der Waals surface area contributed by atoms with E-state index in [4.69, 9.17) is 4.74 Å². The van der Waals surface area contributed by atoms with Crippen molar-refractivity contribution in [2.45, 2.75) is 19.2 Å². The number of carboxylic acid groups (broad SMARTS) is 1. The first-order chi connectivity index (χ1) is 13.0. The third-order valence-corrected chi connectivity index (χ3v) is 5.07. The maximum atomic E-state index is 12.3. The number of halogens is 1. The van der Waals surface area contributed by atoms with Gasteiger partial charge in [0.1, 0.15) is 12.6 Å². The highest BCUT2D eigenvalue weighted by molar-refractivity contribution is 9.10. The summed E-state index contributed by atoms with van der Waals surface area (Å²) >= 11 is 3.40. The van der Waals surface area contributed by atoms with E-state index in [1.54, 1.807) is 0 Å². The second-order valence-electron chi connectivity index (χ2n) is 6.44. The van der Waals surface area contributed by atoms with E-state index in [0.29, 0.717) is 19.6 Å². The Bertz CT molecular complexity index is 782. The third-order valence-electron chi connectivity index (χ3n) is 4.54. The maximum Gasteiger partial charge on any atom is 0.410 e. The molecule has 1 saturated heterocycles. The molecule has 2 aromatic rings. The lowest BCUT2D eigenvalue weighted by molar-refractivity contribution is -0.145. The average Bonchev–Trinajstić information content (AvgIpc) is 2.69. The Morgan fingerprint density at radius 1 is 1.04 bits per heavy atom. The molecule has 1 amide bonds. The SMILES string of the molecule is O=C(O)[C@H]1CN(C(=O)OCc2ccccc2)CCN1Cc1ccc(Br)cc1. The zero-order chi connectivity index (χ0) is 19.2. The van der Waals surface area contributed by atoms with Crippen LogP contribution in [-0.4, -0.2) is 52.6 Å². The van der Waals surface area contributed by atoms with Crippen molar-refractivity contribution in [2.75, 3.05) is 19.6 Å². The molecule has 0 bridgehead atoms. The molecule has 1 fully saturated rings. The van der Waals surface area contributed by atoms with Crippen LogP contribution in [0.4, 0.5) is 4.79 Å². The average molecular weight is 433 g/mol. The van der Waals surface area contributed by atoms with Crippen molar-refractivity contribution in [3.05, 3.63) is 70.2 Å². The van der Waals surface area contributed by atoms with Gasteiger partial charge < -0.3 is 14.7 Å². The number of nitrogens with zero attached hydrogens (tertiary/aromatic N) is 2. The highest BCUT2D eigenvalue weighted by Crippen LogP contribution is 2.18. The molecule has 1 atom stereocenters. The van der Waals surface area contributed by atoms with Crippen LogP contribution >= 0.6 is 15.9 Å². The topological polar surface area (TPSA) is 70.1 Å². The Balaban J connectivity index is 1.58. The minimum absolute atomic E-state index is 0.111. The molecular formula is C20H21BrN2O4. The van der Waals surface area contributed by atoms with E-state index in [2.05, 4.69) is 15.9 Å². The second-order valence-corrected chi connectivity index (χ2v) is 7.35. The molecule has 142 valence electrons. The Labute approximate surface area is 166 Å². The van der Waals surface area contributed by atoms with Gasteiger partial charge in [0.25, 0.3) is 0 Å². The minimum Gasteiger partial charge on any atom is -0.480 e. The maximum absolute atomic E-state index is 12.3. The van der Waals surface area contributed by atoms with E-state index in [9.17, 15) is 14.7 Å². The molecule has 0 radical (unpaired) electrons. The Morgan fingerprint density at radius 3 is 2.41 bits per heavy atom. The Kier molecular flexibility index (Phi) is 6.47. The third kappa shape index (κ3) is 5.30. The zero-order valence-corrected chi connectivity index (χ0v) is 16.3. The molecule has 7 heteroatoms. The fourth-order valence-corrected chi connectivity index (χ4v) is 3.31. The van der Waals surface area contributed by atoms with Gasteiger partial charge in [-0.15, -0.1) is 0 Å². The van der Waals surface area contributed by atoms with E-state index >= 15 is 0 Å². The number of aliphatic carboxylic acids is 1. The van der Waals surface area contributed by atoms with E-state index in [1.165, 1.54) is 4.90 Å². The lowest BCUT2D eigenvalue weighted by Crippen LogP contribution is -2.57. The summed E-state index contributed by atoms with van der Waals surface area (Å²) in [6.45, 7) is 1.73. The summed E-state index contributed by atoms with van der Waals surface area (Å²) < 4.78 is 6.31. The monoisotopic (exact) mass is 432 g/mol. The molecule has 0 unspecified atom stereocenters. The summed E-state index contributed by atoms with van der Waals surface area (Å²) in [4.78, 5) is 27.4. The van der Waals surface area contributed by atoms with Crippen LogP contribution in [0.15, 0.2) is 59.1 Å². The van der Waals surface area contributed by atoms with Gasteiger partial charge in [0.2, 0.25) is 0 Å². The predicted octanol–water partition coefficient (Wildman–Crippen LogP) is 3.36. The molecule has 1 N–H and O–H groups in total. The summed E-state index contributed by atoms with van der Waals surface area (Å²) in [6.07, 6.45) is -0.478. The molecule has 6 nitrogen and oxygen atoms in total. The van der Waals surface area contributed by atoms with Gasteiger partial charge in [-0.1, -0.05) is 58.4 Å². The number of carbonyl (C=O) groups is 2. The van der Waals surface area contributed by atoms with E-state index in [1.807, 2.05) is 59.5 Å². The van der Waals surface area contributed by atoms with Crippen molar-refractivity contribution in [1.29, 1.82) is 0 Å². The van der Waals surface area contributed by atoms with Crippen LogP contribution < -0.4 is 0 Å². The van der Waals surface area contributed by atoms with Gasteiger partial charge in [-0.25, -0.2) is 4.79 Å². The first kappa shape index (κ1) is 19.4. The molecule has 0 saturated carbocycles. The zero-order valence-electron chi connectivity index (χ0n) is 14.8. The summed E-state index contributed by atoms with van der Waals surface area (Å²) in [5, 5.41) is 9.61. The number of carboxylic acids is 1. The minimum atomic E-state index is -0.937. The fraction of sp³-hybridized carbons (Fsp3) is 0.300. The number of benzene rings is 2. The fourth-order valence-electron chi connectivity index (χ4n) is 3.04. The van der Waals surface area contributed by atoms with Crippen LogP contribution in [0.1, 0.15) is 11.1 Å². The molecule has 0 aliphatic carbocycles. The summed E-state index contributed by atoms with van der Waals surface area (Å²) in [7, 11) is 0. The smallest absolute Gasteiger partial charge is 0.410 e. The predicted molar refractivity (Wildman–Crippen MR) is 104 cm³/mol. The molecule has 2 aromatic carbocycles. The van der Waals surface area contributed by atoms with Crippen LogP contribution in [0.2, 0.25) is 0 Å². The second kappa shape index (κ2) is 9.01. The van der Waals surface area contributed by atoms with Crippen molar-refractivity contribution >= 4 is 28.0 Å². The normalized spacial score (nSPS) is 17.5. The highest BCUT2D eigenvalue weighted by Gasteiger charge is 2.34. The number of hydrogen-bond acceptors (Lipinski definition) is 4. The van der Waals surface area contributed by atoms with Crippen LogP contribution in [0.5, 0.6) is 0 Å². The molecule has 1 aliphatic heterocycles. The van der Waals surface area contributed by atoms with E-state index in [-0.39, 0.29) is 13.2 Å². The first-order valence-electron chi connectivity index (χ1n) is 8.70. The summed E-state index contributed by atoms with van der Waals surface area (Å²) in [6, 6.07) is 16.4. The van der Waals surface area contributed by atoms with Crippen molar-refractivity contribution < 1.29 is 19.4 Å². The largest absolute Gasteiger partial charge is 0.480 e. The number of rotatable bonds is 5. The van der Waals surface area contributed by atoms with Crippen LogP contribution in [0.3, 0.4) is 0 Å². The lowest BCUT2D eigenvalue weighted by atomic mass is 10.1. The summed E-state index contributed by atoms with van der Waals surface area (Å²) in [5.41, 5.74) is 1.93. The van der Waals surface area contributed by atoms with E-state index in [0.717, 1.165) is 15.6 Å². The molecule has 1 heterocycles. The van der Waals surface area contributed by atoms with Gasteiger partial charge in [0.05, 0.1) is 6.54 Å². The van der Waals surface area contributed by atoms with Crippen molar-refractivity contribution in [2.24, 2.45) is 0 Å². The standard InChI is InChI=1S/C20H21BrN2O4/c21-17-8-6-15(7-9-17)12-22-10-11-23(13-18(22)19(24)25)20(26)27-14-16-4-2-1-3-5-16/h1-9,18H,10-14H2,(H,24,25)/t18-/m1/s1. The van der Waals surface area contributed by atoms with Crippen molar-refractivity contribution in [3.63, 3.8) is 0 Å². The summed E-state index contributed by atoms with van der Waals surface area (Å²) in [5.74, 6) is -0.937. The van der Waals surface area contributed by atoms with Gasteiger partial charge in [-0.3, -0.25) is 9.69 Å². The molecule has 3 rings (SSSR count). The number of ether oxygens (including phenoxy) is 1. The Morgan fingerprint density at radius 2 is 1.74 bits per heavy atom. The molecule has 0 spiro atoms. The molecule has 0 aromatic heterocycles. The number of hydrogen-bond donors (Lipinski definition) is 1. The Hall–Kier alpha value is -2.38. The van der Waals surface area contributed by atoms with Crippen molar-refractivity contribution in [1.82, 2.24) is 9.80 Å². The molecular weight excluding hydrogens is 412 g/mol. The quantitative estimate of drug-likeness (QED) is 0.784. The molecule has 1 aliphatic rings. The van der Waals surface area contributed by atoms with Gasteiger partial charge in [0.15, 0.2) is 0 Å². The van der Waals surface area contributed by atoms with Gasteiger partial charge in [-0.05, 0) is 23.3 Å². The van der Waals surface area contributed by atoms with Crippen LogP contribution in [0.25, 0.3) is 0 Å². The lowest BCUT2D eigenvalue weighted by Gasteiger charge is -2.38. The van der Waals surface area contributed by atoms with E-state index < -0.39 is 18.1 Å². The van der Waals surface area contributed by atoms with Gasteiger partial charge >= 0.3 is 12.1 Å². The van der Waals surface area contributed by atoms with Crippen LogP contribution in [-0.2, 0) is 22.7 Å².